The van der Waals surface area contributed by atoms with Crippen LogP contribution in [0.1, 0.15) is 91.5 Å². The SMILES string of the molecule is CC(C)[C@H]1CC[C@@H](C)C[C@H]1OP(=O)(O[C@@H]1C[C@@H](C)CC[C@@H]1C(C)C)[C@H](O)c1ccc(Cl)cc1. The summed E-state index contributed by atoms with van der Waals surface area (Å²) in [6.45, 7) is 13.3. The Morgan fingerprint density at radius 1 is 0.848 bits per heavy atom. The molecule has 2 aliphatic rings. The van der Waals surface area contributed by atoms with Crippen LogP contribution in [0.3, 0.4) is 0 Å². The lowest BCUT2D eigenvalue weighted by Crippen LogP contribution is -2.37. The van der Waals surface area contributed by atoms with Crippen molar-refractivity contribution in [2.24, 2.45) is 35.5 Å². The maximum atomic E-state index is 14.6. The van der Waals surface area contributed by atoms with E-state index in [1.807, 2.05) is 0 Å². The van der Waals surface area contributed by atoms with Crippen molar-refractivity contribution in [3.05, 3.63) is 34.9 Å². The van der Waals surface area contributed by atoms with E-state index in [-0.39, 0.29) is 12.2 Å². The van der Waals surface area contributed by atoms with Gasteiger partial charge in [-0.15, -0.1) is 0 Å². The second-order valence-electron chi connectivity index (χ2n) is 11.4. The molecule has 33 heavy (non-hydrogen) atoms. The highest BCUT2D eigenvalue weighted by Crippen LogP contribution is 2.64. The zero-order chi connectivity index (χ0) is 24.3. The second-order valence-corrected chi connectivity index (χ2v) is 13.8. The lowest BCUT2D eigenvalue weighted by atomic mass is 9.75. The van der Waals surface area contributed by atoms with Gasteiger partial charge in [-0.05, 0) is 78.9 Å². The smallest absolute Gasteiger partial charge is 0.363 e. The first kappa shape index (κ1) is 27.2. The third-order valence-corrected chi connectivity index (χ3v) is 10.2. The molecule has 0 bridgehead atoms. The average Bonchev–Trinajstić information content (AvgIpc) is 2.73. The van der Waals surface area contributed by atoms with Gasteiger partial charge in [0.1, 0.15) is 0 Å². The summed E-state index contributed by atoms with van der Waals surface area (Å²) in [5.74, 6) is 1.13. The van der Waals surface area contributed by atoms with Gasteiger partial charge in [-0.25, -0.2) is 0 Å². The van der Waals surface area contributed by atoms with Crippen molar-refractivity contribution >= 4 is 19.2 Å². The molecule has 1 aromatic rings. The highest BCUT2D eigenvalue weighted by Gasteiger charge is 2.46. The van der Waals surface area contributed by atoms with Gasteiger partial charge < -0.3 is 14.2 Å². The third-order valence-electron chi connectivity index (χ3n) is 7.95. The van der Waals surface area contributed by atoms with Gasteiger partial charge in [0, 0.05) is 5.02 Å². The maximum Gasteiger partial charge on any atom is 0.363 e. The van der Waals surface area contributed by atoms with Gasteiger partial charge in [-0.2, -0.15) is 0 Å². The fourth-order valence-electron chi connectivity index (χ4n) is 5.81. The largest absolute Gasteiger partial charge is 0.376 e. The zero-order valence-electron chi connectivity index (χ0n) is 21.2. The van der Waals surface area contributed by atoms with Crippen LogP contribution in [0.5, 0.6) is 0 Å². The van der Waals surface area contributed by atoms with Crippen LogP contribution in [0.2, 0.25) is 5.02 Å². The predicted octanol–water partition coefficient (Wildman–Crippen LogP) is 8.48. The molecule has 3 rings (SSSR count). The molecule has 2 fully saturated rings. The van der Waals surface area contributed by atoms with E-state index >= 15 is 0 Å². The Bertz CT molecular complexity index is 758. The van der Waals surface area contributed by atoms with Gasteiger partial charge >= 0.3 is 7.60 Å². The first-order valence-electron chi connectivity index (χ1n) is 12.9. The summed E-state index contributed by atoms with van der Waals surface area (Å²) in [4.78, 5) is 0. The predicted molar refractivity (Wildman–Crippen MR) is 136 cm³/mol. The molecular formula is C27H44ClO4P. The van der Waals surface area contributed by atoms with Gasteiger partial charge in [0.2, 0.25) is 0 Å². The summed E-state index contributed by atoms with van der Waals surface area (Å²) in [7, 11) is -3.88. The van der Waals surface area contributed by atoms with Gasteiger partial charge in [0.05, 0.1) is 12.2 Å². The maximum absolute atomic E-state index is 14.6. The summed E-state index contributed by atoms with van der Waals surface area (Å²) in [6.07, 6.45) is 5.74. The van der Waals surface area contributed by atoms with E-state index in [2.05, 4.69) is 41.5 Å². The first-order valence-corrected chi connectivity index (χ1v) is 14.9. The molecule has 0 aromatic heterocycles. The van der Waals surface area contributed by atoms with E-state index in [0.29, 0.717) is 46.1 Å². The molecule has 188 valence electrons. The number of rotatable bonds is 8. The van der Waals surface area contributed by atoms with Gasteiger partial charge in [-0.1, -0.05) is 78.1 Å². The Morgan fingerprint density at radius 3 is 1.67 bits per heavy atom. The van der Waals surface area contributed by atoms with Crippen LogP contribution in [0.4, 0.5) is 0 Å². The molecule has 0 saturated heterocycles. The van der Waals surface area contributed by atoms with E-state index < -0.39 is 13.4 Å². The zero-order valence-corrected chi connectivity index (χ0v) is 22.9. The third kappa shape index (κ3) is 6.85. The van der Waals surface area contributed by atoms with Crippen LogP contribution in [-0.2, 0) is 13.6 Å². The molecule has 8 atom stereocenters. The summed E-state index contributed by atoms with van der Waals surface area (Å²) in [5.41, 5.74) is 0.526. The number of hydrogen-bond donors (Lipinski definition) is 1. The standard InChI is InChI=1S/C27H44ClO4P/c1-17(2)23-13-7-19(5)15-25(23)31-33(30,27(29)21-9-11-22(28)12-10-21)32-26-16-20(6)8-14-24(26)18(3)4/h9-12,17-20,23-27,29H,7-8,13-16H2,1-6H3/t19-,20+,23-,24-,25-,26-,27+,33?/m1/s1. The quantitative estimate of drug-likeness (QED) is 0.365. The highest BCUT2D eigenvalue weighted by molar-refractivity contribution is 7.54. The summed E-state index contributed by atoms with van der Waals surface area (Å²) in [5, 5.41) is 12.0. The molecule has 4 nitrogen and oxygen atoms in total. The van der Waals surface area contributed by atoms with Crippen molar-refractivity contribution in [2.45, 2.75) is 98.1 Å². The van der Waals surface area contributed by atoms with Gasteiger partial charge in [0.15, 0.2) is 5.85 Å². The van der Waals surface area contributed by atoms with Crippen molar-refractivity contribution in [3.63, 3.8) is 0 Å². The number of benzene rings is 1. The summed E-state index contributed by atoms with van der Waals surface area (Å²) < 4.78 is 27.5. The molecule has 0 aliphatic heterocycles. The van der Waals surface area contributed by atoms with E-state index in [9.17, 15) is 9.67 Å². The van der Waals surface area contributed by atoms with E-state index in [1.165, 1.54) is 0 Å². The van der Waals surface area contributed by atoms with Crippen molar-refractivity contribution in [2.75, 3.05) is 0 Å². The molecule has 1 N–H and O–H groups in total. The monoisotopic (exact) mass is 498 g/mol. The van der Waals surface area contributed by atoms with Crippen molar-refractivity contribution < 1.29 is 18.7 Å². The van der Waals surface area contributed by atoms with E-state index in [1.54, 1.807) is 24.3 Å². The normalized spacial score (nSPS) is 33.8. The number of aliphatic hydroxyl groups is 1. The van der Waals surface area contributed by atoms with Crippen LogP contribution in [0.15, 0.2) is 24.3 Å². The fourth-order valence-corrected chi connectivity index (χ4v) is 7.99. The lowest BCUT2D eigenvalue weighted by Gasteiger charge is -2.42. The minimum atomic E-state index is -3.88. The molecule has 2 saturated carbocycles. The number of halogens is 1. The Kier molecular flexibility index (Phi) is 9.54. The molecule has 6 heteroatoms. The minimum Gasteiger partial charge on any atom is -0.376 e. The van der Waals surface area contributed by atoms with E-state index in [4.69, 9.17) is 20.6 Å². The average molecular weight is 499 g/mol. The Hall–Kier alpha value is -0.380. The summed E-state index contributed by atoms with van der Waals surface area (Å²) in [6, 6.07) is 6.87. The lowest BCUT2D eigenvalue weighted by molar-refractivity contribution is -0.0153. The van der Waals surface area contributed by atoms with Crippen LogP contribution < -0.4 is 0 Å². The van der Waals surface area contributed by atoms with Crippen molar-refractivity contribution in [1.29, 1.82) is 0 Å². The molecule has 0 heterocycles. The Morgan fingerprint density at radius 2 is 1.27 bits per heavy atom. The van der Waals surface area contributed by atoms with Crippen LogP contribution in [-0.4, -0.2) is 17.3 Å². The Balaban J connectivity index is 1.94. The summed E-state index contributed by atoms with van der Waals surface area (Å²) >= 11 is 6.07. The molecule has 0 radical (unpaired) electrons. The molecular weight excluding hydrogens is 455 g/mol. The fraction of sp³-hybridized carbons (Fsp3) is 0.778. The first-order chi connectivity index (χ1) is 15.5. The number of hydrogen-bond acceptors (Lipinski definition) is 4. The second kappa shape index (κ2) is 11.6. The van der Waals surface area contributed by atoms with Crippen molar-refractivity contribution in [3.8, 4) is 0 Å². The van der Waals surface area contributed by atoms with Gasteiger partial charge in [-0.3, -0.25) is 4.57 Å². The van der Waals surface area contributed by atoms with Crippen LogP contribution >= 0.6 is 19.2 Å². The van der Waals surface area contributed by atoms with Crippen LogP contribution in [0, 0.1) is 35.5 Å². The molecule has 0 amide bonds. The highest BCUT2D eigenvalue weighted by atomic mass is 35.5. The molecule has 0 spiro atoms. The Labute approximate surface area is 206 Å². The topological polar surface area (TPSA) is 55.8 Å². The van der Waals surface area contributed by atoms with Crippen molar-refractivity contribution in [1.82, 2.24) is 0 Å². The number of aliphatic hydroxyl groups excluding tert-OH is 1. The minimum absolute atomic E-state index is 0.181. The molecule has 2 aliphatic carbocycles. The van der Waals surface area contributed by atoms with Gasteiger partial charge in [0.25, 0.3) is 0 Å². The van der Waals surface area contributed by atoms with E-state index in [0.717, 1.165) is 38.5 Å². The molecule has 1 aromatic carbocycles. The van der Waals surface area contributed by atoms with Crippen LogP contribution in [0.25, 0.3) is 0 Å². The molecule has 1 unspecified atom stereocenters.